The summed E-state index contributed by atoms with van der Waals surface area (Å²) in [6.45, 7) is 2.54. The van der Waals surface area contributed by atoms with Crippen LogP contribution < -0.4 is 14.2 Å². The van der Waals surface area contributed by atoms with E-state index in [2.05, 4.69) is 0 Å². The zero-order valence-corrected chi connectivity index (χ0v) is 22.1. The van der Waals surface area contributed by atoms with Crippen molar-refractivity contribution in [2.24, 2.45) is 5.92 Å². The van der Waals surface area contributed by atoms with Crippen molar-refractivity contribution in [3.63, 3.8) is 0 Å². The molecule has 9 nitrogen and oxygen atoms in total. The molecule has 1 saturated heterocycles. The number of aromatic nitrogens is 1. The van der Waals surface area contributed by atoms with Crippen molar-refractivity contribution in [3.8, 4) is 22.9 Å². The number of fused-ring (bicyclic) bond motifs is 3. The van der Waals surface area contributed by atoms with Gasteiger partial charge >= 0.3 is 5.97 Å². The van der Waals surface area contributed by atoms with Gasteiger partial charge in [-0.1, -0.05) is 23.7 Å². The summed E-state index contributed by atoms with van der Waals surface area (Å²) in [5, 5.41) is 9.63. The van der Waals surface area contributed by atoms with Gasteiger partial charge in [0.2, 0.25) is 5.91 Å². The molecule has 200 valence electrons. The predicted molar refractivity (Wildman–Crippen MR) is 139 cm³/mol. The molecule has 1 N–H and O–H groups in total. The molecule has 2 aromatic carbocycles. The summed E-state index contributed by atoms with van der Waals surface area (Å²) < 4.78 is 25.9. The third-order valence-corrected chi connectivity index (χ3v) is 7.19. The molecule has 1 aromatic heterocycles. The van der Waals surface area contributed by atoms with Crippen LogP contribution in [0.5, 0.6) is 17.2 Å². The number of para-hydroxylation sites is 1. The summed E-state index contributed by atoms with van der Waals surface area (Å²) in [4.78, 5) is 25.2. The van der Waals surface area contributed by atoms with Crippen LogP contribution in [0.3, 0.4) is 0 Å². The van der Waals surface area contributed by atoms with Gasteiger partial charge in [0.15, 0.2) is 11.5 Å². The molecule has 2 atom stereocenters. The van der Waals surface area contributed by atoms with Gasteiger partial charge in [-0.25, -0.2) is 0 Å². The summed E-state index contributed by atoms with van der Waals surface area (Å²) in [7, 11) is 3.19. The number of hydrogen-bond donors (Lipinski definition) is 1. The molecule has 2 aliphatic heterocycles. The molecule has 0 radical (unpaired) electrons. The number of hydrogen-bond acceptors (Lipinski definition) is 6. The predicted octanol–water partition coefficient (Wildman–Crippen LogP) is 4.47. The van der Waals surface area contributed by atoms with Gasteiger partial charge in [0.05, 0.1) is 44.5 Å². The zero-order valence-electron chi connectivity index (χ0n) is 21.3. The van der Waals surface area contributed by atoms with Gasteiger partial charge in [0, 0.05) is 35.4 Å². The van der Waals surface area contributed by atoms with Crippen LogP contribution in [0.4, 0.5) is 0 Å². The van der Waals surface area contributed by atoms with Crippen LogP contribution >= 0.6 is 11.6 Å². The first-order chi connectivity index (χ1) is 18.3. The van der Waals surface area contributed by atoms with E-state index in [1.165, 1.54) is 0 Å². The molecule has 3 aromatic rings. The second-order valence-electron chi connectivity index (χ2n) is 9.44. The average Bonchev–Trinajstić information content (AvgIpc) is 3.16. The third kappa shape index (κ3) is 4.79. The van der Waals surface area contributed by atoms with E-state index in [4.69, 9.17) is 35.7 Å². The van der Waals surface area contributed by atoms with Crippen molar-refractivity contribution in [1.82, 2.24) is 9.47 Å². The second kappa shape index (κ2) is 10.6. The number of carbonyl (C=O) groups excluding carboxylic acids is 1. The number of benzene rings is 2. The van der Waals surface area contributed by atoms with Gasteiger partial charge in [-0.3, -0.25) is 9.59 Å². The number of carboxylic acid groups (broad SMARTS) is 1. The number of carboxylic acids is 1. The van der Waals surface area contributed by atoms with Gasteiger partial charge in [-0.15, -0.1) is 0 Å². The van der Waals surface area contributed by atoms with Gasteiger partial charge in [0.25, 0.3) is 0 Å². The Bertz CT molecular complexity index is 1370. The van der Waals surface area contributed by atoms with Crippen molar-refractivity contribution in [2.45, 2.75) is 32.2 Å². The van der Waals surface area contributed by atoms with Gasteiger partial charge in [0.1, 0.15) is 18.0 Å². The van der Waals surface area contributed by atoms with Crippen molar-refractivity contribution < 1.29 is 33.6 Å². The number of methoxy groups -OCH3 is 2. The standard InChI is InChI=1S/C28H29ClN2O7/c1-16(11-25(32)30-13-17(14-30)28(33)34)38-23-9-10-31-21-8-7-18(29)12-20(21)26(37-15-22(23)31)19-5-4-6-24(35-2)27(19)36-3/h4-10,12,16-17,26H,11,13-15H2,1-3H3,(H,33,34)/t16?,26-/m1/s1. The summed E-state index contributed by atoms with van der Waals surface area (Å²) in [6.07, 6.45) is 1.15. The number of nitrogens with zero attached hydrogens (tertiary/aromatic N) is 2. The molecule has 1 unspecified atom stereocenters. The molecule has 0 spiro atoms. The highest BCUT2D eigenvalue weighted by atomic mass is 35.5. The topological polar surface area (TPSA) is 99.5 Å². The Hall–Kier alpha value is -3.69. The monoisotopic (exact) mass is 540 g/mol. The minimum atomic E-state index is -0.874. The number of aliphatic carboxylic acids is 1. The fourth-order valence-electron chi connectivity index (χ4n) is 4.98. The van der Waals surface area contributed by atoms with E-state index in [0.29, 0.717) is 22.3 Å². The maximum Gasteiger partial charge on any atom is 0.310 e. The van der Waals surface area contributed by atoms with Crippen LogP contribution in [-0.4, -0.2) is 59.9 Å². The van der Waals surface area contributed by atoms with Crippen molar-refractivity contribution in [1.29, 1.82) is 0 Å². The van der Waals surface area contributed by atoms with Gasteiger partial charge in [-0.05, 0) is 37.3 Å². The van der Waals surface area contributed by atoms with Crippen LogP contribution in [-0.2, 0) is 20.9 Å². The molecule has 2 aliphatic rings. The van der Waals surface area contributed by atoms with E-state index in [0.717, 1.165) is 22.5 Å². The first kappa shape index (κ1) is 25.9. The number of carbonyl (C=O) groups is 2. The number of rotatable bonds is 8. The molecule has 0 bridgehead atoms. The SMILES string of the molecule is COc1cccc([C@H]2OCc3c(OC(C)CC(=O)N4CC(C(=O)O)C4)ccn3-c3ccc(Cl)cc32)c1OC. The Labute approximate surface area is 225 Å². The molecular formula is C28H29ClN2O7. The fourth-order valence-corrected chi connectivity index (χ4v) is 5.16. The molecule has 0 aliphatic carbocycles. The van der Waals surface area contributed by atoms with Crippen molar-refractivity contribution in [2.75, 3.05) is 27.3 Å². The molecule has 1 fully saturated rings. The third-order valence-electron chi connectivity index (χ3n) is 6.96. The number of amides is 1. The van der Waals surface area contributed by atoms with Crippen molar-refractivity contribution in [3.05, 3.63) is 70.5 Å². The van der Waals surface area contributed by atoms with E-state index in [1.807, 2.05) is 60.2 Å². The maximum absolute atomic E-state index is 12.6. The highest BCUT2D eigenvalue weighted by Gasteiger charge is 2.36. The summed E-state index contributed by atoms with van der Waals surface area (Å²) in [6, 6.07) is 13.2. The normalized spacial score (nSPS) is 17.5. The highest BCUT2D eigenvalue weighted by molar-refractivity contribution is 6.30. The van der Waals surface area contributed by atoms with E-state index in [9.17, 15) is 9.59 Å². The number of ether oxygens (including phenoxy) is 4. The first-order valence-electron chi connectivity index (χ1n) is 12.3. The van der Waals surface area contributed by atoms with Gasteiger partial charge < -0.3 is 33.5 Å². The largest absolute Gasteiger partial charge is 0.493 e. The smallest absolute Gasteiger partial charge is 0.310 e. The molecule has 1 amide bonds. The summed E-state index contributed by atoms with van der Waals surface area (Å²) in [5.74, 6) is 0.302. The highest BCUT2D eigenvalue weighted by Crippen LogP contribution is 2.44. The lowest BCUT2D eigenvalue weighted by atomic mass is 9.98. The fraction of sp³-hybridized carbons (Fsp3) is 0.357. The Balaban J connectivity index is 1.40. The molecular weight excluding hydrogens is 512 g/mol. The van der Waals surface area contributed by atoms with Crippen LogP contribution in [0, 0.1) is 5.92 Å². The Morgan fingerprint density at radius 3 is 2.61 bits per heavy atom. The molecule has 0 saturated carbocycles. The van der Waals surface area contributed by atoms with Gasteiger partial charge in [-0.2, -0.15) is 0 Å². The van der Waals surface area contributed by atoms with E-state index in [-0.39, 0.29) is 32.0 Å². The maximum atomic E-state index is 12.6. The lowest BCUT2D eigenvalue weighted by molar-refractivity contribution is -0.153. The quantitative estimate of drug-likeness (QED) is 0.450. The van der Waals surface area contributed by atoms with Crippen LogP contribution in [0.2, 0.25) is 5.02 Å². The van der Waals surface area contributed by atoms with E-state index < -0.39 is 24.1 Å². The molecule has 5 rings (SSSR count). The zero-order chi connectivity index (χ0) is 27.0. The number of halogens is 1. The summed E-state index contributed by atoms with van der Waals surface area (Å²) in [5.41, 5.74) is 3.35. The minimum absolute atomic E-state index is 0.123. The lowest BCUT2D eigenvalue weighted by Gasteiger charge is -2.37. The molecule has 38 heavy (non-hydrogen) atoms. The molecule has 3 heterocycles. The molecule has 10 heteroatoms. The lowest BCUT2D eigenvalue weighted by Crippen LogP contribution is -2.53. The number of likely N-dealkylation sites (tertiary alicyclic amines) is 1. The van der Waals surface area contributed by atoms with Crippen molar-refractivity contribution >= 4 is 23.5 Å². The second-order valence-corrected chi connectivity index (χ2v) is 9.88. The summed E-state index contributed by atoms with van der Waals surface area (Å²) >= 11 is 6.42. The Morgan fingerprint density at radius 2 is 1.89 bits per heavy atom. The Kier molecular flexibility index (Phi) is 7.23. The van der Waals surface area contributed by atoms with E-state index >= 15 is 0 Å². The first-order valence-corrected chi connectivity index (χ1v) is 12.7. The van der Waals surface area contributed by atoms with Crippen LogP contribution in [0.1, 0.15) is 36.3 Å². The minimum Gasteiger partial charge on any atom is -0.493 e. The van der Waals surface area contributed by atoms with Crippen LogP contribution in [0.25, 0.3) is 5.69 Å². The Morgan fingerprint density at radius 1 is 1.11 bits per heavy atom. The van der Waals surface area contributed by atoms with Crippen LogP contribution in [0.15, 0.2) is 48.7 Å². The van der Waals surface area contributed by atoms with E-state index in [1.54, 1.807) is 19.1 Å². The average molecular weight is 541 g/mol.